The minimum Gasteiger partial charge on any atom is -0.460 e. The molecular weight excluding hydrogens is 1110 g/mol. The first-order valence-corrected chi connectivity index (χ1v) is 30.8. The molecule has 0 radical (unpaired) electrons. The van der Waals surface area contributed by atoms with Gasteiger partial charge in [-0.15, -0.1) is 0 Å². The lowest BCUT2D eigenvalue weighted by atomic mass is 9.89. The van der Waals surface area contributed by atoms with Gasteiger partial charge in [0.1, 0.15) is 24.4 Å². The van der Waals surface area contributed by atoms with Crippen molar-refractivity contribution in [3.8, 4) is 0 Å². The number of carbonyl (C=O) groups excluding carboxylic acids is 2. The SMILES string of the molecule is CCOC(=O)C(=O)C[C@H](C[C@@H](COCc1ccccc1)O[C@@H]1C[C@@H](OCc2ccccc2)[C@H](OCc2ccccc2)[C@@H](C(C)(C)OCc2ccccc2)O1)O[C@H]1C[C@H](OCc2ccccc2)[C@@H](OCc2ccccc2)[C@H](C(C)(C)OCc2ccccc2)O1. The van der Waals surface area contributed by atoms with Gasteiger partial charge in [-0.25, -0.2) is 4.79 Å². The first kappa shape index (κ1) is 65.7. The van der Waals surface area contributed by atoms with E-state index in [0.29, 0.717) is 19.8 Å². The quantitative estimate of drug-likeness (QED) is 0.0279. The van der Waals surface area contributed by atoms with Crippen molar-refractivity contribution in [2.75, 3.05) is 13.2 Å². The van der Waals surface area contributed by atoms with E-state index in [1.165, 1.54) is 0 Å². The fourth-order valence-corrected chi connectivity index (χ4v) is 11.0. The van der Waals surface area contributed by atoms with Crippen LogP contribution in [0, 0.1) is 0 Å². The van der Waals surface area contributed by atoms with Crippen molar-refractivity contribution in [2.24, 2.45) is 0 Å². The number of ether oxygens (including phenoxy) is 12. The normalized spacial score (nSPS) is 21.3. The smallest absolute Gasteiger partial charge is 0.374 e. The summed E-state index contributed by atoms with van der Waals surface area (Å²) in [4.78, 5) is 27.5. The Balaban J connectivity index is 1.05. The van der Waals surface area contributed by atoms with E-state index in [1.807, 2.05) is 240 Å². The van der Waals surface area contributed by atoms with Gasteiger partial charge in [0, 0.05) is 25.7 Å². The summed E-state index contributed by atoms with van der Waals surface area (Å²) in [5.41, 5.74) is 4.88. The van der Waals surface area contributed by atoms with Gasteiger partial charge in [0.05, 0.1) is 95.1 Å². The third kappa shape index (κ3) is 20.4. The standard InChI is InChI=1S/C74H86O14/c1-6-78-72(76)63(75)43-61(85-66-44-64(79-47-55-30-16-8-17-31-55)68(81-49-57-34-20-10-21-35-57)70(87-66)73(2,3)83-51-59-38-24-12-25-39-59)42-62(53-77-46-54-28-14-7-15-29-54)86-67-45-65(80-48-56-32-18-9-19-33-56)69(82-50-58-36-22-11-23-37-58)71(88-67)74(4,5)84-52-60-40-26-13-27-41-60/h7-41,61-62,64-71H,6,42-53H2,1-5H3/t61-,62-,64-,65+,66+,67-,68+,69-,70+,71-/m0/s1. The van der Waals surface area contributed by atoms with Crippen molar-refractivity contribution in [2.45, 2.75) is 179 Å². The average Bonchev–Trinajstić information content (AvgIpc) is 1.35. The Bertz CT molecular complexity index is 3080. The number of rotatable bonds is 34. The maximum atomic E-state index is 14.1. The van der Waals surface area contributed by atoms with Gasteiger partial charge in [-0.05, 0) is 73.6 Å². The van der Waals surface area contributed by atoms with Crippen LogP contribution in [0.2, 0.25) is 0 Å². The van der Waals surface area contributed by atoms with Crippen molar-refractivity contribution in [3.05, 3.63) is 251 Å². The first-order valence-electron chi connectivity index (χ1n) is 30.8. The third-order valence-electron chi connectivity index (χ3n) is 15.8. The Morgan fingerprint density at radius 3 is 1.10 bits per heavy atom. The van der Waals surface area contributed by atoms with Crippen molar-refractivity contribution in [1.82, 2.24) is 0 Å². The molecule has 10 atom stereocenters. The molecule has 0 aliphatic carbocycles. The molecule has 2 aliphatic heterocycles. The highest BCUT2D eigenvalue weighted by Crippen LogP contribution is 2.39. The van der Waals surface area contributed by atoms with Crippen molar-refractivity contribution >= 4 is 11.8 Å². The van der Waals surface area contributed by atoms with Crippen LogP contribution in [0.1, 0.15) is 99.2 Å². The van der Waals surface area contributed by atoms with Crippen molar-refractivity contribution < 1.29 is 66.4 Å². The van der Waals surface area contributed by atoms with E-state index in [0.717, 1.165) is 38.9 Å². The highest BCUT2D eigenvalue weighted by molar-refractivity contribution is 6.33. The summed E-state index contributed by atoms with van der Waals surface area (Å²) >= 11 is 0. The van der Waals surface area contributed by atoms with E-state index in [4.69, 9.17) is 56.8 Å². The van der Waals surface area contributed by atoms with Crippen LogP contribution >= 0.6 is 0 Å². The van der Waals surface area contributed by atoms with Gasteiger partial charge in [-0.1, -0.05) is 212 Å². The molecular formula is C74H86O14. The maximum Gasteiger partial charge on any atom is 0.374 e. The van der Waals surface area contributed by atoms with Crippen molar-refractivity contribution in [1.29, 1.82) is 0 Å². The number of benzene rings is 7. The van der Waals surface area contributed by atoms with Gasteiger partial charge in [0.15, 0.2) is 12.6 Å². The molecule has 466 valence electrons. The predicted octanol–water partition coefficient (Wildman–Crippen LogP) is 13.4. The lowest BCUT2D eigenvalue weighted by molar-refractivity contribution is -0.324. The van der Waals surface area contributed by atoms with Gasteiger partial charge in [0.25, 0.3) is 0 Å². The molecule has 9 rings (SSSR count). The summed E-state index contributed by atoms with van der Waals surface area (Å²) in [5.74, 6) is -1.74. The second kappa shape index (κ2) is 33.7. The molecule has 0 saturated carbocycles. The monoisotopic (exact) mass is 1200 g/mol. The second-order valence-electron chi connectivity index (χ2n) is 23.5. The molecule has 14 nitrogen and oxygen atoms in total. The molecule has 0 amide bonds. The lowest BCUT2D eigenvalue weighted by Crippen LogP contribution is -2.60. The van der Waals surface area contributed by atoms with Crippen LogP contribution in [0.4, 0.5) is 0 Å². The molecule has 2 saturated heterocycles. The highest BCUT2D eigenvalue weighted by atomic mass is 16.7. The van der Waals surface area contributed by atoms with Gasteiger partial charge >= 0.3 is 5.97 Å². The van der Waals surface area contributed by atoms with Crippen LogP contribution in [0.3, 0.4) is 0 Å². The van der Waals surface area contributed by atoms with Gasteiger partial charge in [-0.2, -0.15) is 0 Å². The lowest BCUT2D eigenvalue weighted by Gasteiger charge is -2.48. The first-order chi connectivity index (χ1) is 42.9. The molecule has 2 aliphatic rings. The summed E-state index contributed by atoms with van der Waals surface area (Å²) in [6.07, 6.45) is -7.64. The van der Waals surface area contributed by atoms with E-state index in [-0.39, 0.29) is 65.3 Å². The van der Waals surface area contributed by atoms with Gasteiger partial charge in [-0.3, -0.25) is 4.79 Å². The molecule has 0 N–H and O–H groups in total. The fraction of sp³-hybridized carbons (Fsp3) is 0.405. The molecule has 0 unspecified atom stereocenters. The molecule has 2 fully saturated rings. The molecule has 0 aromatic heterocycles. The van der Waals surface area contributed by atoms with E-state index in [9.17, 15) is 9.59 Å². The Hall–Kier alpha value is -6.76. The molecule has 7 aromatic carbocycles. The molecule has 2 heterocycles. The van der Waals surface area contributed by atoms with Crippen LogP contribution in [0.15, 0.2) is 212 Å². The van der Waals surface area contributed by atoms with Crippen molar-refractivity contribution in [3.63, 3.8) is 0 Å². The maximum absolute atomic E-state index is 14.1. The number of ketones is 1. The summed E-state index contributed by atoms with van der Waals surface area (Å²) in [6.45, 7) is 11.7. The summed E-state index contributed by atoms with van der Waals surface area (Å²) in [5, 5.41) is 0. The largest absolute Gasteiger partial charge is 0.460 e. The van der Waals surface area contributed by atoms with E-state index >= 15 is 0 Å². The zero-order valence-electron chi connectivity index (χ0n) is 51.4. The average molecular weight is 1200 g/mol. The molecule has 7 aromatic rings. The number of esters is 1. The molecule has 0 bridgehead atoms. The number of hydrogen-bond acceptors (Lipinski definition) is 14. The summed E-state index contributed by atoms with van der Waals surface area (Å²) in [6, 6.07) is 69.8. The van der Waals surface area contributed by atoms with E-state index < -0.39 is 84.4 Å². The Morgan fingerprint density at radius 1 is 0.432 bits per heavy atom. The number of hydrogen-bond donors (Lipinski definition) is 0. The minimum absolute atomic E-state index is 0.0145. The van der Waals surface area contributed by atoms with Crippen LogP contribution < -0.4 is 0 Å². The van der Waals surface area contributed by atoms with Gasteiger partial charge < -0.3 is 56.8 Å². The highest BCUT2D eigenvalue weighted by Gasteiger charge is 2.51. The van der Waals surface area contributed by atoms with Crippen LogP contribution in [0.25, 0.3) is 0 Å². The summed E-state index contributed by atoms with van der Waals surface area (Å²) in [7, 11) is 0. The van der Waals surface area contributed by atoms with Gasteiger partial charge in [0.2, 0.25) is 5.78 Å². The fourth-order valence-electron chi connectivity index (χ4n) is 11.0. The zero-order chi connectivity index (χ0) is 61.4. The Morgan fingerprint density at radius 2 is 0.750 bits per heavy atom. The van der Waals surface area contributed by atoms with E-state index in [1.54, 1.807) is 6.92 Å². The molecule has 88 heavy (non-hydrogen) atoms. The number of Topliss-reactive ketones (excluding diaryl/α,β-unsaturated/α-hetero) is 1. The molecule has 14 heteroatoms. The minimum atomic E-state index is -1.01. The second-order valence-corrected chi connectivity index (χ2v) is 23.5. The Labute approximate surface area is 519 Å². The number of carbonyl (C=O) groups is 2. The topological polar surface area (TPSA) is 145 Å². The third-order valence-corrected chi connectivity index (χ3v) is 15.8. The van der Waals surface area contributed by atoms with E-state index in [2.05, 4.69) is 0 Å². The van der Waals surface area contributed by atoms with Crippen LogP contribution in [-0.4, -0.2) is 97.6 Å². The van der Waals surface area contributed by atoms with Crippen LogP contribution in [-0.2, 0) is 113 Å². The predicted molar refractivity (Wildman–Crippen MR) is 334 cm³/mol. The zero-order valence-corrected chi connectivity index (χ0v) is 51.4. The Kier molecular flexibility index (Phi) is 25.2. The summed E-state index contributed by atoms with van der Waals surface area (Å²) < 4.78 is 81.9. The molecule has 0 spiro atoms. The van der Waals surface area contributed by atoms with Crippen LogP contribution in [0.5, 0.6) is 0 Å².